The predicted octanol–water partition coefficient (Wildman–Crippen LogP) is 3.60. The molecule has 146 valence electrons. The molecule has 2 N–H and O–H groups in total. The average Bonchev–Trinajstić information content (AvgIpc) is 3.41. The van der Waals surface area contributed by atoms with E-state index in [-0.39, 0.29) is 6.04 Å². The van der Waals surface area contributed by atoms with Crippen molar-refractivity contribution in [3.8, 4) is 0 Å². The van der Waals surface area contributed by atoms with Crippen LogP contribution in [0.4, 0.5) is 0 Å². The van der Waals surface area contributed by atoms with Crippen LogP contribution in [0.1, 0.15) is 43.6 Å². The lowest BCUT2D eigenvalue weighted by Crippen LogP contribution is -2.45. The maximum atomic E-state index is 5.70. The molecular weight excluding hydrogens is 336 g/mol. The molecule has 1 aromatic heterocycles. The Kier molecular flexibility index (Phi) is 7.34. The van der Waals surface area contributed by atoms with E-state index >= 15 is 0 Å². The van der Waals surface area contributed by atoms with Crippen LogP contribution in [0.5, 0.6) is 0 Å². The first kappa shape index (κ1) is 19.5. The Morgan fingerprint density at radius 3 is 2.59 bits per heavy atom. The molecule has 0 aliphatic carbocycles. The molecule has 1 aliphatic rings. The monoisotopic (exact) mass is 368 g/mol. The first-order valence-electron chi connectivity index (χ1n) is 10.0. The van der Waals surface area contributed by atoms with Crippen molar-refractivity contribution in [1.29, 1.82) is 0 Å². The van der Waals surface area contributed by atoms with Gasteiger partial charge in [-0.2, -0.15) is 0 Å². The number of rotatable bonds is 8. The summed E-state index contributed by atoms with van der Waals surface area (Å²) >= 11 is 0. The minimum Gasteiger partial charge on any atom is -0.468 e. The Hall–Kier alpha value is -2.27. The molecule has 0 radical (unpaired) electrons. The first-order chi connectivity index (χ1) is 13.3. The fourth-order valence-electron chi connectivity index (χ4n) is 3.67. The second kappa shape index (κ2) is 10.2. The highest BCUT2D eigenvalue weighted by Gasteiger charge is 2.25. The van der Waals surface area contributed by atoms with Crippen LogP contribution in [0.3, 0.4) is 0 Å². The summed E-state index contributed by atoms with van der Waals surface area (Å²) in [5.41, 5.74) is 1.38. The second-order valence-electron chi connectivity index (χ2n) is 7.30. The molecule has 2 aromatic rings. The van der Waals surface area contributed by atoms with Crippen LogP contribution in [-0.2, 0) is 6.42 Å². The van der Waals surface area contributed by atoms with E-state index in [2.05, 4.69) is 63.8 Å². The summed E-state index contributed by atoms with van der Waals surface area (Å²) in [6, 6.07) is 15.3. The van der Waals surface area contributed by atoms with Gasteiger partial charge in [-0.3, -0.25) is 9.89 Å². The molecule has 0 saturated carbocycles. The molecule has 0 amide bonds. The van der Waals surface area contributed by atoms with Crippen LogP contribution < -0.4 is 10.6 Å². The Balaban J connectivity index is 1.49. The molecular formula is C22H32N4O. The maximum Gasteiger partial charge on any atom is 0.191 e. The smallest absolute Gasteiger partial charge is 0.191 e. The molecule has 5 heteroatoms. The van der Waals surface area contributed by atoms with Crippen molar-refractivity contribution >= 4 is 5.96 Å². The van der Waals surface area contributed by atoms with Gasteiger partial charge >= 0.3 is 0 Å². The van der Waals surface area contributed by atoms with E-state index in [0.717, 1.165) is 44.2 Å². The van der Waals surface area contributed by atoms with E-state index < -0.39 is 0 Å². The zero-order valence-corrected chi connectivity index (χ0v) is 16.5. The molecule has 0 spiro atoms. The number of furan rings is 1. The zero-order chi connectivity index (χ0) is 18.9. The third-order valence-corrected chi connectivity index (χ3v) is 5.23. The number of aryl methyl sites for hydroxylation is 1. The van der Waals surface area contributed by atoms with Crippen LogP contribution in [-0.4, -0.2) is 43.6 Å². The predicted molar refractivity (Wildman–Crippen MR) is 111 cm³/mol. The minimum atomic E-state index is 0.251. The Labute approximate surface area is 162 Å². The summed E-state index contributed by atoms with van der Waals surface area (Å²) in [6.45, 7) is 5.26. The Bertz CT molecular complexity index is 678. The minimum absolute atomic E-state index is 0.251. The fourth-order valence-corrected chi connectivity index (χ4v) is 3.67. The van der Waals surface area contributed by atoms with Gasteiger partial charge < -0.3 is 15.1 Å². The van der Waals surface area contributed by atoms with Gasteiger partial charge in [0.15, 0.2) is 5.96 Å². The molecule has 27 heavy (non-hydrogen) atoms. The molecule has 1 aliphatic heterocycles. The number of benzene rings is 1. The number of hydrogen-bond acceptors (Lipinski definition) is 3. The summed E-state index contributed by atoms with van der Waals surface area (Å²) in [4.78, 5) is 6.91. The zero-order valence-electron chi connectivity index (χ0n) is 16.5. The van der Waals surface area contributed by atoms with Gasteiger partial charge in [0.2, 0.25) is 0 Å². The molecule has 3 rings (SSSR count). The van der Waals surface area contributed by atoms with E-state index in [1.165, 1.54) is 18.4 Å². The lowest BCUT2D eigenvalue weighted by Gasteiger charge is -2.27. The maximum absolute atomic E-state index is 5.70. The van der Waals surface area contributed by atoms with Gasteiger partial charge in [0.05, 0.1) is 12.3 Å². The molecule has 5 nitrogen and oxygen atoms in total. The molecule has 0 bridgehead atoms. The van der Waals surface area contributed by atoms with Gasteiger partial charge in [-0.15, -0.1) is 0 Å². The molecule has 2 atom stereocenters. The van der Waals surface area contributed by atoms with Gasteiger partial charge in [-0.25, -0.2) is 0 Å². The fraction of sp³-hybridized carbons (Fsp3) is 0.500. The number of nitrogens with zero attached hydrogens (tertiary/aromatic N) is 2. The molecule has 2 unspecified atom stereocenters. The van der Waals surface area contributed by atoms with E-state index in [4.69, 9.17) is 4.42 Å². The van der Waals surface area contributed by atoms with Gasteiger partial charge in [0, 0.05) is 19.6 Å². The van der Waals surface area contributed by atoms with Crippen molar-refractivity contribution in [3.05, 3.63) is 60.1 Å². The summed E-state index contributed by atoms with van der Waals surface area (Å²) < 4.78 is 5.70. The lowest BCUT2D eigenvalue weighted by atomic mass is 10.1. The number of aliphatic imine (C=N–C) groups is 1. The third kappa shape index (κ3) is 5.86. The highest BCUT2D eigenvalue weighted by molar-refractivity contribution is 5.79. The van der Waals surface area contributed by atoms with Crippen LogP contribution in [0, 0.1) is 0 Å². The Morgan fingerprint density at radius 2 is 1.93 bits per heavy atom. The quantitative estimate of drug-likeness (QED) is 0.552. The largest absolute Gasteiger partial charge is 0.468 e. The van der Waals surface area contributed by atoms with Crippen molar-refractivity contribution in [1.82, 2.24) is 15.5 Å². The molecule has 1 saturated heterocycles. The van der Waals surface area contributed by atoms with Crippen molar-refractivity contribution in [2.45, 2.75) is 44.7 Å². The van der Waals surface area contributed by atoms with Crippen molar-refractivity contribution in [2.75, 3.05) is 26.7 Å². The SMILES string of the molecule is CN=C(NCC(c1ccco1)N1CCCC1)NC(C)CCc1ccccc1. The van der Waals surface area contributed by atoms with Crippen LogP contribution >= 0.6 is 0 Å². The van der Waals surface area contributed by atoms with E-state index in [1.807, 2.05) is 13.1 Å². The first-order valence-corrected chi connectivity index (χ1v) is 10.0. The number of guanidine groups is 1. The van der Waals surface area contributed by atoms with Crippen molar-refractivity contribution < 1.29 is 4.42 Å². The normalized spacial score (nSPS) is 17.6. The highest BCUT2D eigenvalue weighted by atomic mass is 16.3. The highest BCUT2D eigenvalue weighted by Crippen LogP contribution is 2.24. The topological polar surface area (TPSA) is 52.8 Å². The second-order valence-corrected chi connectivity index (χ2v) is 7.30. The van der Waals surface area contributed by atoms with Gasteiger partial charge in [-0.05, 0) is 63.4 Å². The van der Waals surface area contributed by atoms with Crippen molar-refractivity contribution in [2.24, 2.45) is 4.99 Å². The van der Waals surface area contributed by atoms with E-state index in [1.54, 1.807) is 6.26 Å². The standard InChI is InChI=1S/C22H32N4O/c1-18(12-13-19-9-4-3-5-10-19)25-22(23-2)24-17-20(21-11-8-16-27-21)26-14-6-7-15-26/h3-5,8-11,16,18,20H,6-7,12-15,17H2,1-2H3,(H2,23,24,25). The number of likely N-dealkylation sites (tertiary alicyclic amines) is 1. The van der Waals surface area contributed by atoms with Crippen LogP contribution in [0.25, 0.3) is 0 Å². The van der Waals surface area contributed by atoms with E-state index in [9.17, 15) is 0 Å². The summed E-state index contributed by atoms with van der Waals surface area (Å²) in [7, 11) is 1.83. The van der Waals surface area contributed by atoms with Gasteiger partial charge in [0.25, 0.3) is 0 Å². The van der Waals surface area contributed by atoms with Crippen LogP contribution in [0.15, 0.2) is 58.1 Å². The molecule has 1 aromatic carbocycles. The van der Waals surface area contributed by atoms with Gasteiger partial charge in [0.1, 0.15) is 5.76 Å². The summed E-state index contributed by atoms with van der Waals surface area (Å²) in [5, 5.41) is 7.02. The average molecular weight is 369 g/mol. The molecule has 1 fully saturated rings. The van der Waals surface area contributed by atoms with Crippen molar-refractivity contribution in [3.63, 3.8) is 0 Å². The van der Waals surface area contributed by atoms with Gasteiger partial charge in [-0.1, -0.05) is 30.3 Å². The van der Waals surface area contributed by atoms with Crippen LogP contribution in [0.2, 0.25) is 0 Å². The summed E-state index contributed by atoms with van der Waals surface area (Å²) in [6.07, 6.45) is 6.42. The number of hydrogen-bond donors (Lipinski definition) is 2. The number of nitrogens with one attached hydrogen (secondary N) is 2. The Morgan fingerprint density at radius 1 is 1.15 bits per heavy atom. The summed E-state index contributed by atoms with van der Waals surface area (Å²) in [5.74, 6) is 1.88. The lowest BCUT2D eigenvalue weighted by molar-refractivity contribution is 0.215. The third-order valence-electron chi connectivity index (χ3n) is 5.23. The van der Waals surface area contributed by atoms with E-state index in [0.29, 0.717) is 6.04 Å². The molecule has 2 heterocycles.